The molecule has 0 atom stereocenters. The molecule has 320 valence electrons. The molecule has 0 saturated heterocycles. The highest BCUT2D eigenvalue weighted by Gasteiger charge is 2.51. The first-order chi connectivity index (χ1) is 29.3. The Labute approximate surface area is 357 Å². The largest absolute Gasteiger partial charge is 0.396 e. The van der Waals surface area contributed by atoms with Gasteiger partial charge in [0.05, 0.1) is 46.0 Å². The minimum atomic E-state index is -0.688. The van der Waals surface area contributed by atoms with Crippen LogP contribution < -0.4 is 9.80 Å². The lowest BCUT2D eigenvalue weighted by molar-refractivity contribution is -0.124. The number of fused-ring (bicyclic) bond motifs is 12. The number of benzene rings is 2. The Balaban J connectivity index is 0.000000166. The minimum Gasteiger partial charge on any atom is -0.396 e. The van der Waals surface area contributed by atoms with Crippen molar-refractivity contribution in [3.63, 3.8) is 0 Å². The van der Waals surface area contributed by atoms with Crippen LogP contribution in [-0.2, 0) is 46.1 Å². The Hall–Kier alpha value is -5.72. The van der Waals surface area contributed by atoms with E-state index in [1.54, 1.807) is 0 Å². The molecule has 12 nitrogen and oxygen atoms in total. The van der Waals surface area contributed by atoms with Gasteiger partial charge in [-0.1, -0.05) is 19.6 Å². The molecule has 2 aliphatic carbocycles. The van der Waals surface area contributed by atoms with Crippen LogP contribution in [0.4, 0.5) is 11.4 Å². The molecule has 61 heavy (non-hydrogen) atoms. The van der Waals surface area contributed by atoms with Gasteiger partial charge in [0.1, 0.15) is 0 Å². The molecule has 0 fully saturated rings. The first-order valence-electron chi connectivity index (χ1n) is 21.8. The quantitative estimate of drug-likeness (QED) is 0.0675. The van der Waals surface area contributed by atoms with Crippen molar-refractivity contribution in [2.45, 2.75) is 109 Å². The Morgan fingerprint density at radius 1 is 0.672 bits per heavy atom. The second kappa shape index (κ2) is 16.6. The minimum absolute atomic E-state index is 0. The number of H-pyrrole nitrogens is 4. The number of aryl methyl sites for hydroxylation is 4. The number of nitrogens with zero attached hydrogens (tertiary/aromatic N) is 4. The van der Waals surface area contributed by atoms with E-state index in [-0.39, 0.29) is 32.5 Å². The van der Waals surface area contributed by atoms with Crippen molar-refractivity contribution < 1.29 is 19.8 Å². The SMILES string of the molecule is C.C=CCC1(CC=C)C(=O)N(CC)c2cc3c4c([nH]c3cc21)-c1[nH]ncc1CCC4.CCN1C(=O)C(CCCO)(CCCO)c2cc3[nH]c4c(c3cc21)CCCc1cn[nH]c1-4. The number of carbonyl (C=O) groups is 2. The number of aliphatic hydroxyl groups is 2. The average Bonchev–Trinajstić information content (AvgIpc) is 4.09. The number of aromatic amines is 4. The van der Waals surface area contributed by atoms with Gasteiger partial charge in [0.2, 0.25) is 11.8 Å². The lowest BCUT2D eigenvalue weighted by Crippen LogP contribution is -2.40. The zero-order valence-corrected chi connectivity index (χ0v) is 34.8. The molecule has 6 aromatic rings. The van der Waals surface area contributed by atoms with Gasteiger partial charge in [-0.2, -0.15) is 10.2 Å². The zero-order chi connectivity index (χ0) is 41.8. The third kappa shape index (κ3) is 6.40. The van der Waals surface area contributed by atoms with Crippen LogP contribution in [0.5, 0.6) is 0 Å². The van der Waals surface area contributed by atoms with Gasteiger partial charge in [-0.05, 0) is 149 Å². The summed E-state index contributed by atoms with van der Waals surface area (Å²) < 4.78 is 0. The number of amides is 2. The maximum Gasteiger partial charge on any atom is 0.238 e. The topological polar surface area (TPSA) is 170 Å². The Bertz CT molecular complexity index is 2620. The smallest absolute Gasteiger partial charge is 0.238 e. The van der Waals surface area contributed by atoms with Crippen LogP contribution in [0.15, 0.2) is 62.0 Å². The normalized spacial score (nSPS) is 16.7. The number of likely N-dealkylation sites (N-methyl/N-ethyl adjacent to an activating group) is 2. The van der Waals surface area contributed by atoms with E-state index < -0.39 is 10.8 Å². The average molecular weight is 825 g/mol. The fourth-order valence-corrected chi connectivity index (χ4v) is 11.0. The summed E-state index contributed by atoms with van der Waals surface area (Å²) in [5, 5.41) is 36.3. The number of allylic oxidation sites excluding steroid dienone is 2. The molecule has 0 bridgehead atoms. The number of nitrogens with one attached hydrogen (secondary N) is 4. The van der Waals surface area contributed by atoms with E-state index in [1.807, 2.05) is 48.2 Å². The fraction of sp³-hybridized carbons (Fsp3) is 0.429. The summed E-state index contributed by atoms with van der Waals surface area (Å²) in [4.78, 5) is 38.2. The number of hydrogen-bond acceptors (Lipinski definition) is 6. The summed E-state index contributed by atoms with van der Waals surface area (Å²) in [7, 11) is 0. The third-order valence-corrected chi connectivity index (χ3v) is 13.8. The third-order valence-electron chi connectivity index (χ3n) is 13.8. The fourth-order valence-electron chi connectivity index (χ4n) is 11.0. The van der Waals surface area contributed by atoms with Crippen molar-refractivity contribution in [1.29, 1.82) is 0 Å². The van der Waals surface area contributed by atoms with E-state index in [4.69, 9.17) is 0 Å². The van der Waals surface area contributed by atoms with Crippen molar-refractivity contribution in [2.24, 2.45) is 0 Å². The molecular weight excluding hydrogens is 765 g/mol. The van der Waals surface area contributed by atoms with Crippen LogP contribution in [-0.4, -0.2) is 78.7 Å². The van der Waals surface area contributed by atoms with Crippen LogP contribution in [0, 0.1) is 0 Å². The number of aromatic nitrogens is 6. The van der Waals surface area contributed by atoms with Crippen molar-refractivity contribution in [2.75, 3.05) is 36.1 Å². The van der Waals surface area contributed by atoms with Crippen molar-refractivity contribution in [3.8, 4) is 22.8 Å². The lowest BCUT2D eigenvalue weighted by atomic mass is 9.74. The molecule has 4 aromatic heterocycles. The van der Waals surface area contributed by atoms with Gasteiger partial charge in [0.15, 0.2) is 0 Å². The molecule has 6 N–H and O–H groups in total. The summed E-state index contributed by atoms with van der Waals surface area (Å²) in [6.45, 7) is 13.3. The van der Waals surface area contributed by atoms with Crippen molar-refractivity contribution >= 4 is 45.0 Å². The predicted octanol–water partition coefficient (Wildman–Crippen LogP) is 8.64. The molecule has 0 spiro atoms. The molecule has 2 aromatic carbocycles. The van der Waals surface area contributed by atoms with E-state index in [2.05, 4.69) is 67.8 Å². The molecule has 0 unspecified atom stereocenters. The first-order valence-corrected chi connectivity index (χ1v) is 21.8. The van der Waals surface area contributed by atoms with Crippen molar-refractivity contribution in [1.82, 2.24) is 30.4 Å². The molecule has 2 amide bonds. The number of hydrogen-bond donors (Lipinski definition) is 6. The lowest BCUT2D eigenvalue weighted by Gasteiger charge is -2.28. The Kier molecular flexibility index (Phi) is 11.4. The van der Waals surface area contributed by atoms with E-state index in [0.29, 0.717) is 51.6 Å². The molecule has 10 rings (SSSR count). The summed E-state index contributed by atoms with van der Waals surface area (Å²) in [5.74, 6) is 0.255. The molecule has 4 aliphatic rings. The molecule has 2 aliphatic heterocycles. The van der Waals surface area contributed by atoms with Gasteiger partial charge in [-0.3, -0.25) is 19.8 Å². The Morgan fingerprint density at radius 3 is 1.54 bits per heavy atom. The van der Waals surface area contributed by atoms with Gasteiger partial charge < -0.3 is 30.0 Å². The van der Waals surface area contributed by atoms with E-state index in [0.717, 1.165) is 94.8 Å². The standard InChI is InChI=1S/C24H30N4O3.C24H26N4O.CH4/c1-2-28-20-12-17-16-7-3-6-15-14-25-27-21(15)22(16)26-19(17)13-18(20)24(23(28)31,8-4-10-29)9-5-11-30;1-4-10-24(11-5-2)18-13-19-17(12-20(18)28(6-3)23(24)29)16-9-7-8-15-14-25-27-21(15)22(16)26-19;/h12-14,26,29-30H,2-11H2,1H3,(H,25,27);4-5,12-14,26H,1-2,6-11H2,3H3,(H,25,27);1H4. The summed E-state index contributed by atoms with van der Waals surface area (Å²) >= 11 is 0. The summed E-state index contributed by atoms with van der Waals surface area (Å²) in [5.41, 5.74) is 14.5. The summed E-state index contributed by atoms with van der Waals surface area (Å²) in [6, 6.07) is 8.74. The monoisotopic (exact) mass is 824 g/mol. The number of carbonyl (C=O) groups excluding carboxylic acids is 2. The van der Waals surface area contributed by atoms with Gasteiger partial charge in [0, 0.05) is 59.5 Å². The molecular formula is C49H60N8O4. The highest BCUT2D eigenvalue weighted by molar-refractivity contribution is 6.12. The van der Waals surface area contributed by atoms with Gasteiger partial charge in [0.25, 0.3) is 0 Å². The predicted molar refractivity (Wildman–Crippen MR) is 244 cm³/mol. The second-order valence-corrected chi connectivity index (χ2v) is 16.9. The molecule has 6 heterocycles. The van der Waals surface area contributed by atoms with Crippen LogP contribution in [0.2, 0.25) is 0 Å². The first kappa shape index (κ1) is 42.0. The Morgan fingerprint density at radius 2 is 1.11 bits per heavy atom. The zero-order valence-electron chi connectivity index (χ0n) is 34.8. The van der Waals surface area contributed by atoms with Gasteiger partial charge in [-0.15, -0.1) is 13.2 Å². The van der Waals surface area contributed by atoms with Crippen molar-refractivity contribution in [3.05, 3.63) is 95.3 Å². The second-order valence-electron chi connectivity index (χ2n) is 16.9. The van der Waals surface area contributed by atoms with Crippen LogP contribution in [0.3, 0.4) is 0 Å². The van der Waals surface area contributed by atoms with E-state index in [1.165, 1.54) is 33.0 Å². The highest BCUT2D eigenvalue weighted by atomic mass is 16.3. The van der Waals surface area contributed by atoms with Crippen LogP contribution in [0.25, 0.3) is 44.6 Å². The summed E-state index contributed by atoms with van der Waals surface area (Å²) in [6.07, 6.45) is 17.3. The van der Waals surface area contributed by atoms with Gasteiger partial charge >= 0.3 is 0 Å². The number of rotatable bonds is 12. The maximum atomic E-state index is 13.6. The number of anilines is 2. The molecule has 0 saturated carbocycles. The molecule has 0 radical (unpaired) electrons. The van der Waals surface area contributed by atoms with Crippen LogP contribution >= 0.6 is 0 Å². The molecule has 12 heteroatoms. The highest BCUT2D eigenvalue weighted by Crippen LogP contribution is 2.51. The van der Waals surface area contributed by atoms with Gasteiger partial charge in [-0.25, -0.2) is 0 Å². The maximum absolute atomic E-state index is 13.6. The van der Waals surface area contributed by atoms with E-state index >= 15 is 0 Å². The number of aliphatic hydroxyl groups excluding tert-OH is 2. The van der Waals surface area contributed by atoms with Crippen LogP contribution in [0.1, 0.15) is 106 Å². The van der Waals surface area contributed by atoms with E-state index in [9.17, 15) is 19.8 Å².